The van der Waals surface area contributed by atoms with Gasteiger partial charge in [-0.15, -0.1) is 0 Å². The first-order valence-electron chi connectivity index (χ1n) is 6.09. The van der Waals surface area contributed by atoms with Gasteiger partial charge in [0.25, 0.3) is 0 Å². The Morgan fingerprint density at radius 2 is 1.86 bits per heavy atom. The third-order valence-electron chi connectivity index (χ3n) is 2.96. The Morgan fingerprint density at radius 1 is 1.09 bits per heavy atom. The number of nitrogens with zero attached hydrogens (tertiary/aromatic N) is 3. The average molecular weight is 316 g/mol. The normalized spacial score (nSPS) is 10.5. The van der Waals surface area contributed by atoms with E-state index in [1.165, 1.54) is 0 Å². The van der Waals surface area contributed by atoms with Crippen LogP contribution in [0.15, 0.2) is 42.6 Å². The maximum Gasteiger partial charge on any atom is 0.333 e. The number of aromatic nitrogens is 1. The summed E-state index contributed by atoms with van der Waals surface area (Å²) in [7, 11) is 0. The minimum atomic E-state index is -0.649. The van der Waals surface area contributed by atoms with E-state index in [2.05, 4.69) is 10.3 Å². The molecule has 3 rings (SSSR count). The van der Waals surface area contributed by atoms with E-state index in [1.54, 1.807) is 24.4 Å². The first-order chi connectivity index (χ1) is 10.6. The number of rotatable bonds is 4. The van der Waals surface area contributed by atoms with Gasteiger partial charge in [0.2, 0.25) is 0 Å². The first kappa shape index (κ1) is 13.9. The van der Waals surface area contributed by atoms with Crippen LogP contribution in [0.1, 0.15) is 0 Å². The van der Waals surface area contributed by atoms with Crippen LogP contribution in [0.3, 0.4) is 0 Å². The Balaban J connectivity index is 2.08. The molecule has 2 heterocycles. The number of para-hydroxylation sites is 1. The third-order valence-corrected chi connectivity index (χ3v) is 3.95. The number of hydrogen-bond donors (Lipinski definition) is 1. The summed E-state index contributed by atoms with van der Waals surface area (Å²) in [5.74, 6) is 0. The second-order valence-electron chi connectivity index (χ2n) is 4.32. The molecule has 0 saturated carbocycles. The second-order valence-corrected chi connectivity index (χ2v) is 5.35. The van der Waals surface area contributed by atoms with E-state index in [0.29, 0.717) is 11.2 Å². The predicted octanol–water partition coefficient (Wildman–Crippen LogP) is 3.86. The van der Waals surface area contributed by atoms with Crippen LogP contribution in [0.2, 0.25) is 0 Å². The van der Waals surface area contributed by atoms with Crippen LogP contribution in [-0.2, 0) is 0 Å². The zero-order valence-corrected chi connectivity index (χ0v) is 11.7. The molecule has 0 amide bonds. The van der Waals surface area contributed by atoms with Gasteiger partial charge in [0.15, 0.2) is 5.00 Å². The average Bonchev–Trinajstić information content (AvgIpc) is 2.92. The molecule has 9 heteroatoms. The highest BCUT2D eigenvalue weighted by molar-refractivity contribution is 7.19. The molecule has 0 aliphatic rings. The van der Waals surface area contributed by atoms with Gasteiger partial charge in [-0.3, -0.25) is 25.2 Å². The van der Waals surface area contributed by atoms with E-state index in [1.807, 2.05) is 12.1 Å². The van der Waals surface area contributed by atoms with Crippen LogP contribution in [0.5, 0.6) is 0 Å². The van der Waals surface area contributed by atoms with Crippen LogP contribution >= 0.6 is 11.3 Å². The molecule has 0 aliphatic carbocycles. The van der Waals surface area contributed by atoms with E-state index >= 15 is 0 Å². The maximum atomic E-state index is 11.0. The fourth-order valence-corrected chi connectivity index (χ4v) is 2.86. The van der Waals surface area contributed by atoms with Crippen molar-refractivity contribution in [3.63, 3.8) is 0 Å². The number of thiophene rings is 1. The fraction of sp³-hybridized carbons (Fsp3) is 0. The molecule has 0 bridgehead atoms. The Kier molecular flexibility index (Phi) is 3.39. The van der Waals surface area contributed by atoms with Gasteiger partial charge in [-0.25, -0.2) is 0 Å². The van der Waals surface area contributed by atoms with Crippen molar-refractivity contribution in [2.75, 3.05) is 5.32 Å². The summed E-state index contributed by atoms with van der Waals surface area (Å²) < 4.78 is 0. The monoisotopic (exact) mass is 316 g/mol. The van der Waals surface area contributed by atoms with Crippen LogP contribution in [0.25, 0.3) is 10.9 Å². The number of nitrogens with one attached hydrogen (secondary N) is 1. The molecule has 2 aromatic heterocycles. The van der Waals surface area contributed by atoms with E-state index in [0.717, 1.165) is 22.8 Å². The van der Waals surface area contributed by atoms with Crippen LogP contribution in [-0.4, -0.2) is 14.8 Å². The summed E-state index contributed by atoms with van der Waals surface area (Å²) >= 11 is 0.720. The van der Waals surface area contributed by atoms with Crippen LogP contribution in [0, 0.1) is 20.2 Å². The van der Waals surface area contributed by atoms with Crippen molar-refractivity contribution in [1.82, 2.24) is 4.98 Å². The molecule has 22 heavy (non-hydrogen) atoms. The molecule has 1 aromatic carbocycles. The molecular formula is C13H8N4O4S. The Labute approximate surface area is 127 Å². The van der Waals surface area contributed by atoms with Crippen molar-refractivity contribution in [2.24, 2.45) is 0 Å². The van der Waals surface area contributed by atoms with Gasteiger partial charge in [-0.1, -0.05) is 18.2 Å². The summed E-state index contributed by atoms with van der Waals surface area (Å²) in [6.45, 7) is 0. The smallest absolute Gasteiger partial charge is 0.333 e. The van der Waals surface area contributed by atoms with Crippen molar-refractivity contribution < 1.29 is 9.85 Å². The fourth-order valence-electron chi connectivity index (χ4n) is 2.01. The van der Waals surface area contributed by atoms with Crippen molar-refractivity contribution >= 4 is 43.6 Å². The molecule has 3 aromatic rings. The molecule has 8 nitrogen and oxygen atoms in total. The van der Waals surface area contributed by atoms with Gasteiger partial charge < -0.3 is 5.32 Å². The SMILES string of the molecule is O=[N+]([O-])c1cc([N+](=O)[O-])c(Nc2cccc3cccnc23)s1. The minimum absolute atomic E-state index is 0.106. The number of anilines is 2. The quantitative estimate of drug-likeness (QED) is 0.578. The minimum Gasteiger partial charge on any atom is -0.340 e. The van der Waals surface area contributed by atoms with E-state index in [-0.39, 0.29) is 15.7 Å². The molecule has 110 valence electrons. The molecule has 0 fully saturated rings. The van der Waals surface area contributed by atoms with E-state index in [4.69, 9.17) is 0 Å². The highest BCUT2D eigenvalue weighted by Gasteiger charge is 2.25. The lowest BCUT2D eigenvalue weighted by molar-refractivity contribution is -0.389. The Morgan fingerprint density at radius 3 is 2.59 bits per heavy atom. The highest BCUT2D eigenvalue weighted by Crippen LogP contribution is 2.41. The number of nitro groups is 2. The number of fused-ring (bicyclic) bond motifs is 1. The number of hydrogen-bond acceptors (Lipinski definition) is 7. The summed E-state index contributed by atoms with van der Waals surface area (Å²) in [6.07, 6.45) is 1.61. The van der Waals surface area contributed by atoms with E-state index < -0.39 is 9.85 Å². The topological polar surface area (TPSA) is 111 Å². The Bertz CT molecular complexity index is 887. The summed E-state index contributed by atoms with van der Waals surface area (Å²) in [6, 6.07) is 9.94. The van der Waals surface area contributed by atoms with Gasteiger partial charge in [0.05, 0.1) is 21.1 Å². The predicted molar refractivity (Wildman–Crippen MR) is 82.7 cm³/mol. The van der Waals surface area contributed by atoms with Gasteiger partial charge in [-0.05, 0) is 23.5 Å². The summed E-state index contributed by atoms with van der Waals surface area (Å²) in [4.78, 5) is 24.8. The van der Waals surface area contributed by atoms with Gasteiger partial charge >= 0.3 is 10.7 Å². The van der Waals surface area contributed by atoms with Crippen molar-refractivity contribution in [3.05, 3.63) is 62.8 Å². The molecule has 0 unspecified atom stereocenters. The lowest BCUT2D eigenvalue weighted by Crippen LogP contribution is -1.94. The van der Waals surface area contributed by atoms with Crippen molar-refractivity contribution in [2.45, 2.75) is 0 Å². The highest BCUT2D eigenvalue weighted by atomic mass is 32.1. The number of benzene rings is 1. The summed E-state index contributed by atoms with van der Waals surface area (Å²) in [5, 5.41) is 25.4. The zero-order valence-electron chi connectivity index (χ0n) is 10.9. The Hall–Kier alpha value is -3.07. The van der Waals surface area contributed by atoms with Gasteiger partial charge in [-0.2, -0.15) is 0 Å². The molecular weight excluding hydrogens is 308 g/mol. The van der Waals surface area contributed by atoms with Crippen LogP contribution in [0.4, 0.5) is 21.4 Å². The summed E-state index contributed by atoms with van der Waals surface area (Å²) in [5.41, 5.74) is 0.859. The molecule has 0 aliphatic heterocycles. The largest absolute Gasteiger partial charge is 0.340 e. The second kappa shape index (κ2) is 5.37. The molecule has 1 N–H and O–H groups in total. The third kappa shape index (κ3) is 2.44. The molecule has 0 saturated heterocycles. The molecule has 0 radical (unpaired) electrons. The van der Waals surface area contributed by atoms with Crippen molar-refractivity contribution in [3.8, 4) is 0 Å². The lowest BCUT2D eigenvalue weighted by atomic mass is 10.2. The first-order valence-corrected chi connectivity index (χ1v) is 6.91. The zero-order chi connectivity index (χ0) is 15.7. The lowest BCUT2D eigenvalue weighted by Gasteiger charge is -2.06. The van der Waals surface area contributed by atoms with Crippen molar-refractivity contribution in [1.29, 1.82) is 0 Å². The van der Waals surface area contributed by atoms with Crippen LogP contribution < -0.4 is 5.32 Å². The standard InChI is InChI=1S/C13H8N4O4S/c18-16(19)10-7-11(17(20)21)22-13(10)15-9-5-1-3-8-4-2-6-14-12(8)9/h1-7,15H. The van der Waals surface area contributed by atoms with Gasteiger partial charge in [0, 0.05) is 11.6 Å². The van der Waals surface area contributed by atoms with E-state index in [9.17, 15) is 20.2 Å². The molecule has 0 atom stereocenters. The van der Waals surface area contributed by atoms with Gasteiger partial charge in [0.1, 0.15) is 6.07 Å². The molecule has 0 spiro atoms. The maximum absolute atomic E-state index is 11.0. The number of pyridine rings is 1.